The second kappa shape index (κ2) is 9.39. The summed E-state index contributed by atoms with van der Waals surface area (Å²) in [7, 11) is 1.55. The van der Waals surface area contributed by atoms with Crippen LogP contribution in [-0.2, 0) is 9.47 Å². The molecular weight excluding hydrogens is 315 g/mol. The van der Waals surface area contributed by atoms with Crippen molar-refractivity contribution in [3.8, 4) is 0 Å². The molecule has 0 saturated heterocycles. The fourth-order valence-corrected chi connectivity index (χ4v) is 1.60. The van der Waals surface area contributed by atoms with Crippen LogP contribution in [0.5, 0.6) is 0 Å². The molecule has 0 radical (unpaired) electrons. The number of hydrogen-bond donors (Lipinski definition) is 1. The van der Waals surface area contributed by atoms with E-state index in [0.717, 1.165) is 0 Å². The Morgan fingerprint density at radius 3 is 2.76 bits per heavy atom. The van der Waals surface area contributed by atoms with Gasteiger partial charge in [-0.2, -0.15) is 0 Å². The van der Waals surface area contributed by atoms with E-state index in [2.05, 4.69) is 16.9 Å². The second-order valence-electron chi connectivity index (χ2n) is 3.86. The lowest BCUT2D eigenvalue weighted by atomic mass is 10.2. The van der Waals surface area contributed by atoms with E-state index >= 15 is 0 Å². The summed E-state index contributed by atoms with van der Waals surface area (Å²) in [5.74, 6) is -0.395. The fourth-order valence-electron chi connectivity index (χ4n) is 1.30. The van der Waals surface area contributed by atoms with Gasteiger partial charge in [-0.15, -0.1) is 6.58 Å². The number of amidine groups is 1. The number of nitrogens with one attached hydrogen (secondary N) is 1. The SMILES string of the molecule is C=CCN=C(NC(=O)c1ccc(Cl)c(Cl)c1)OCCOC. The van der Waals surface area contributed by atoms with Gasteiger partial charge in [0.15, 0.2) is 0 Å². The predicted molar refractivity (Wildman–Crippen MR) is 84.3 cm³/mol. The van der Waals surface area contributed by atoms with Crippen molar-refractivity contribution in [2.45, 2.75) is 0 Å². The van der Waals surface area contributed by atoms with Crippen molar-refractivity contribution in [1.82, 2.24) is 5.32 Å². The van der Waals surface area contributed by atoms with Gasteiger partial charge in [0.1, 0.15) is 6.61 Å². The Hall–Kier alpha value is -1.56. The lowest BCUT2D eigenvalue weighted by Crippen LogP contribution is -2.33. The molecule has 0 saturated carbocycles. The van der Waals surface area contributed by atoms with E-state index in [0.29, 0.717) is 28.8 Å². The van der Waals surface area contributed by atoms with E-state index in [4.69, 9.17) is 32.7 Å². The third kappa shape index (κ3) is 6.16. The molecule has 0 aliphatic carbocycles. The van der Waals surface area contributed by atoms with E-state index in [9.17, 15) is 4.79 Å². The minimum Gasteiger partial charge on any atom is -0.463 e. The highest BCUT2D eigenvalue weighted by atomic mass is 35.5. The third-order valence-electron chi connectivity index (χ3n) is 2.29. The van der Waals surface area contributed by atoms with Crippen LogP contribution in [0.15, 0.2) is 35.8 Å². The molecule has 0 heterocycles. The minimum atomic E-state index is -0.395. The topological polar surface area (TPSA) is 59.9 Å². The number of carbonyl (C=O) groups is 1. The summed E-state index contributed by atoms with van der Waals surface area (Å²) in [5.41, 5.74) is 0.353. The number of carbonyl (C=O) groups excluding carboxylic acids is 1. The monoisotopic (exact) mass is 330 g/mol. The summed E-state index contributed by atoms with van der Waals surface area (Å²) < 4.78 is 10.2. The molecule has 5 nitrogen and oxygen atoms in total. The van der Waals surface area contributed by atoms with Crippen molar-refractivity contribution >= 4 is 35.1 Å². The van der Waals surface area contributed by atoms with Gasteiger partial charge in [0.2, 0.25) is 0 Å². The summed E-state index contributed by atoms with van der Waals surface area (Å²) in [6.45, 7) is 4.54. The Kier molecular flexibility index (Phi) is 7.82. The molecule has 1 aromatic rings. The molecule has 0 aliphatic rings. The van der Waals surface area contributed by atoms with Crippen molar-refractivity contribution < 1.29 is 14.3 Å². The van der Waals surface area contributed by atoms with Crippen LogP contribution in [0.25, 0.3) is 0 Å². The number of hydrogen-bond acceptors (Lipinski definition) is 4. The van der Waals surface area contributed by atoms with Gasteiger partial charge in [0, 0.05) is 12.7 Å². The highest BCUT2D eigenvalue weighted by molar-refractivity contribution is 6.42. The standard InChI is InChI=1S/C14H16Cl2N2O3/c1-3-6-17-14(21-8-7-20-2)18-13(19)10-4-5-11(15)12(16)9-10/h3-5,9H,1,6-8H2,2H3,(H,17,18,19). The van der Waals surface area contributed by atoms with Gasteiger partial charge in [0.25, 0.3) is 11.9 Å². The summed E-state index contributed by atoms with van der Waals surface area (Å²) in [5, 5.41) is 3.24. The van der Waals surface area contributed by atoms with Crippen molar-refractivity contribution in [1.29, 1.82) is 0 Å². The molecule has 1 aromatic carbocycles. The van der Waals surface area contributed by atoms with Gasteiger partial charge in [-0.05, 0) is 18.2 Å². The first-order valence-corrected chi connectivity index (χ1v) is 6.87. The van der Waals surface area contributed by atoms with Gasteiger partial charge >= 0.3 is 0 Å². The average molecular weight is 331 g/mol. The normalized spacial score (nSPS) is 11.1. The molecule has 0 fully saturated rings. The molecule has 0 aliphatic heterocycles. The van der Waals surface area contributed by atoms with Crippen LogP contribution in [0, 0.1) is 0 Å². The second-order valence-corrected chi connectivity index (χ2v) is 4.67. The van der Waals surface area contributed by atoms with Crippen LogP contribution in [0.4, 0.5) is 0 Å². The maximum absolute atomic E-state index is 12.1. The van der Waals surface area contributed by atoms with Crippen LogP contribution in [0.2, 0.25) is 10.0 Å². The van der Waals surface area contributed by atoms with E-state index in [1.807, 2.05) is 0 Å². The molecule has 21 heavy (non-hydrogen) atoms. The Labute approximate surface area is 133 Å². The Bertz CT molecular complexity index is 533. The first-order valence-electron chi connectivity index (χ1n) is 6.12. The van der Waals surface area contributed by atoms with Crippen molar-refractivity contribution in [2.75, 3.05) is 26.9 Å². The molecule has 1 rings (SSSR count). The summed E-state index contributed by atoms with van der Waals surface area (Å²) >= 11 is 11.7. The Balaban J connectivity index is 2.74. The zero-order valence-electron chi connectivity index (χ0n) is 11.6. The number of rotatable bonds is 6. The molecule has 0 atom stereocenters. The molecule has 0 aromatic heterocycles. The van der Waals surface area contributed by atoms with E-state index in [1.54, 1.807) is 25.3 Å². The molecule has 0 bridgehead atoms. The lowest BCUT2D eigenvalue weighted by Gasteiger charge is -2.10. The largest absolute Gasteiger partial charge is 0.463 e. The average Bonchev–Trinajstić information content (AvgIpc) is 2.47. The third-order valence-corrected chi connectivity index (χ3v) is 3.03. The van der Waals surface area contributed by atoms with Gasteiger partial charge in [0.05, 0.1) is 23.2 Å². The van der Waals surface area contributed by atoms with Crippen molar-refractivity contribution in [2.24, 2.45) is 4.99 Å². The number of methoxy groups -OCH3 is 1. The van der Waals surface area contributed by atoms with Crippen molar-refractivity contribution in [3.63, 3.8) is 0 Å². The highest BCUT2D eigenvalue weighted by Crippen LogP contribution is 2.22. The molecule has 0 spiro atoms. The zero-order valence-corrected chi connectivity index (χ0v) is 13.1. The number of aliphatic imine (C=N–C) groups is 1. The van der Waals surface area contributed by atoms with Gasteiger partial charge < -0.3 is 9.47 Å². The first kappa shape index (κ1) is 17.5. The number of halogens is 2. The van der Waals surface area contributed by atoms with Crippen LogP contribution < -0.4 is 5.32 Å². The van der Waals surface area contributed by atoms with E-state index < -0.39 is 5.91 Å². The van der Waals surface area contributed by atoms with Crippen molar-refractivity contribution in [3.05, 3.63) is 46.5 Å². The Morgan fingerprint density at radius 1 is 1.38 bits per heavy atom. The van der Waals surface area contributed by atoms with Gasteiger partial charge in [-0.3, -0.25) is 10.1 Å². The van der Waals surface area contributed by atoms with Crippen LogP contribution in [0.3, 0.4) is 0 Å². The molecule has 1 N–H and O–H groups in total. The van der Waals surface area contributed by atoms with E-state index in [1.165, 1.54) is 6.07 Å². The molecule has 1 amide bonds. The summed E-state index contributed by atoms with van der Waals surface area (Å²) in [6.07, 6.45) is 1.59. The fraction of sp³-hybridized carbons (Fsp3) is 0.286. The first-order chi connectivity index (χ1) is 10.1. The maximum Gasteiger partial charge on any atom is 0.292 e. The number of benzene rings is 1. The summed E-state index contributed by atoms with van der Waals surface area (Å²) in [4.78, 5) is 16.1. The van der Waals surface area contributed by atoms with Crippen LogP contribution in [-0.4, -0.2) is 38.8 Å². The number of amides is 1. The number of ether oxygens (including phenoxy) is 2. The van der Waals surface area contributed by atoms with Gasteiger partial charge in [-0.25, -0.2) is 4.99 Å². The molecule has 114 valence electrons. The summed E-state index contributed by atoms with van der Waals surface area (Å²) in [6, 6.07) is 4.68. The predicted octanol–water partition coefficient (Wildman–Crippen LogP) is 2.93. The number of nitrogens with zero attached hydrogens (tertiary/aromatic N) is 1. The molecule has 7 heteroatoms. The maximum atomic E-state index is 12.1. The Morgan fingerprint density at radius 2 is 2.14 bits per heavy atom. The highest BCUT2D eigenvalue weighted by Gasteiger charge is 2.11. The lowest BCUT2D eigenvalue weighted by molar-refractivity contribution is 0.0954. The smallest absolute Gasteiger partial charge is 0.292 e. The van der Waals surface area contributed by atoms with Crippen LogP contribution in [0.1, 0.15) is 10.4 Å². The molecular formula is C14H16Cl2N2O3. The zero-order chi connectivity index (χ0) is 15.7. The minimum absolute atomic E-state index is 0.100. The van der Waals surface area contributed by atoms with Crippen LogP contribution >= 0.6 is 23.2 Å². The van der Waals surface area contributed by atoms with Gasteiger partial charge in [-0.1, -0.05) is 29.3 Å². The molecule has 0 unspecified atom stereocenters. The van der Waals surface area contributed by atoms with E-state index in [-0.39, 0.29) is 12.6 Å². The quantitative estimate of drug-likeness (QED) is 0.377.